The van der Waals surface area contributed by atoms with Gasteiger partial charge in [-0.25, -0.2) is 9.59 Å². The van der Waals surface area contributed by atoms with Crippen molar-refractivity contribution in [3.8, 4) is 11.5 Å². The molecular formula is C26H33NO10. The van der Waals surface area contributed by atoms with Crippen molar-refractivity contribution in [3.63, 3.8) is 0 Å². The van der Waals surface area contributed by atoms with E-state index in [4.69, 9.17) is 19.3 Å². The lowest BCUT2D eigenvalue weighted by molar-refractivity contribution is -0.173. The number of carboxylic acids is 1. The van der Waals surface area contributed by atoms with Gasteiger partial charge in [0, 0.05) is 18.0 Å². The van der Waals surface area contributed by atoms with Crippen LogP contribution in [-0.4, -0.2) is 86.8 Å². The lowest BCUT2D eigenvalue weighted by Crippen LogP contribution is -2.69. The molecule has 2 heterocycles. The number of hydrogen-bond donors (Lipinski definition) is 4. The van der Waals surface area contributed by atoms with E-state index in [9.17, 15) is 29.7 Å². The van der Waals surface area contributed by atoms with Crippen LogP contribution in [0.2, 0.25) is 0 Å². The SMILES string of the molecule is C.C[C@H](OC(=O)[C@@H](O)CC(=O)O)C(=O)OC1=CC[C@@]2(O)[C@H]3Cc4ccc(O)c5c4[C@@]2(CCCN3C)[C@H]1O5. The first kappa shape index (κ1) is 26.9. The van der Waals surface area contributed by atoms with Crippen LogP contribution in [-0.2, 0) is 35.7 Å². The number of phenolic OH excluding ortho intramolecular Hbond substituents is 1. The Morgan fingerprint density at radius 2 is 2.00 bits per heavy atom. The van der Waals surface area contributed by atoms with Crippen LogP contribution >= 0.6 is 0 Å². The highest BCUT2D eigenvalue weighted by Gasteiger charge is 2.71. The average Bonchev–Trinajstić information content (AvgIpc) is 3.15. The Bertz CT molecular complexity index is 1160. The van der Waals surface area contributed by atoms with Crippen LogP contribution < -0.4 is 4.74 Å². The summed E-state index contributed by atoms with van der Waals surface area (Å²) in [5.74, 6) is -3.23. The molecule has 0 amide bonds. The maximum absolute atomic E-state index is 12.8. The maximum atomic E-state index is 12.8. The second-order valence-corrected chi connectivity index (χ2v) is 10.1. The number of esters is 2. The number of aliphatic hydroxyl groups is 2. The first-order valence-electron chi connectivity index (χ1n) is 12.0. The van der Waals surface area contributed by atoms with E-state index in [2.05, 4.69) is 4.90 Å². The third kappa shape index (κ3) is 3.87. The number of carbonyl (C=O) groups excluding carboxylic acids is 2. The molecule has 0 saturated carbocycles. The number of hydrogen-bond acceptors (Lipinski definition) is 10. The van der Waals surface area contributed by atoms with Gasteiger partial charge in [0.25, 0.3) is 0 Å². The fourth-order valence-electron chi connectivity index (χ4n) is 6.44. The minimum atomic E-state index is -1.92. The van der Waals surface area contributed by atoms with Gasteiger partial charge in [-0.3, -0.25) is 4.79 Å². The Hall–Kier alpha value is -3.15. The molecule has 1 fully saturated rings. The Kier molecular flexibility index (Phi) is 6.76. The number of carbonyl (C=O) groups is 3. The van der Waals surface area contributed by atoms with Crippen molar-refractivity contribution in [1.82, 2.24) is 4.90 Å². The average molecular weight is 520 g/mol. The first-order valence-corrected chi connectivity index (χ1v) is 12.0. The normalized spacial score (nSPS) is 30.9. The van der Waals surface area contributed by atoms with Crippen molar-refractivity contribution in [1.29, 1.82) is 0 Å². The molecule has 1 aromatic carbocycles. The van der Waals surface area contributed by atoms with E-state index >= 15 is 0 Å². The van der Waals surface area contributed by atoms with Crippen molar-refractivity contribution in [3.05, 3.63) is 35.1 Å². The van der Waals surface area contributed by atoms with Crippen LogP contribution in [0.1, 0.15) is 51.2 Å². The molecule has 4 aliphatic rings. The summed E-state index contributed by atoms with van der Waals surface area (Å²) < 4.78 is 16.8. The van der Waals surface area contributed by atoms with Crippen LogP contribution in [0.4, 0.5) is 0 Å². The fourth-order valence-corrected chi connectivity index (χ4v) is 6.44. The predicted molar refractivity (Wildman–Crippen MR) is 128 cm³/mol. The number of aliphatic carboxylic acids is 1. The van der Waals surface area contributed by atoms with Crippen molar-refractivity contribution < 1.29 is 49.0 Å². The third-order valence-electron chi connectivity index (χ3n) is 8.06. The van der Waals surface area contributed by atoms with Crippen molar-refractivity contribution >= 4 is 17.9 Å². The summed E-state index contributed by atoms with van der Waals surface area (Å²) in [7, 11) is 1.98. The van der Waals surface area contributed by atoms with Gasteiger partial charge in [-0.2, -0.15) is 0 Å². The molecule has 0 aromatic heterocycles. The van der Waals surface area contributed by atoms with Gasteiger partial charge >= 0.3 is 17.9 Å². The molecule has 1 saturated heterocycles. The fraction of sp³-hybridized carbons (Fsp3) is 0.577. The van der Waals surface area contributed by atoms with Crippen molar-refractivity contribution in [2.75, 3.05) is 13.6 Å². The van der Waals surface area contributed by atoms with Gasteiger partial charge in [0.05, 0.1) is 17.4 Å². The van der Waals surface area contributed by atoms with E-state index in [1.807, 2.05) is 13.1 Å². The zero-order valence-electron chi connectivity index (χ0n) is 20.0. The molecule has 0 unspecified atom stereocenters. The number of carboxylic acid groups (broad SMARTS) is 1. The molecule has 2 aliphatic heterocycles. The van der Waals surface area contributed by atoms with E-state index in [1.165, 1.54) is 6.92 Å². The zero-order chi connectivity index (χ0) is 26.0. The molecule has 37 heavy (non-hydrogen) atoms. The number of phenols is 1. The van der Waals surface area contributed by atoms with E-state index in [0.29, 0.717) is 12.8 Å². The topological polar surface area (TPSA) is 163 Å². The summed E-state index contributed by atoms with van der Waals surface area (Å²) in [6.45, 7) is 2.01. The van der Waals surface area contributed by atoms with Gasteiger partial charge in [-0.05, 0) is 57.5 Å². The minimum Gasteiger partial charge on any atom is -0.504 e. The number of aromatic hydroxyl groups is 1. The van der Waals surface area contributed by atoms with E-state index in [0.717, 1.165) is 24.1 Å². The van der Waals surface area contributed by atoms with Crippen molar-refractivity contribution in [2.45, 2.75) is 81.8 Å². The summed E-state index contributed by atoms with van der Waals surface area (Å²) in [5.41, 5.74) is -0.467. The summed E-state index contributed by atoms with van der Waals surface area (Å²) in [6.07, 6.45) is -1.44. The lowest BCUT2D eigenvalue weighted by atomic mass is 9.52. The van der Waals surface area contributed by atoms with Crippen LogP contribution in [0, 0.1) is 0 Å². The number of benzene rings is 1. The minimum absolute atomic E-state index is 0. The third-order valence-corrected chi connectivity index (χ3v) is 8.06. The maximum Gasteiger partial charge on any atom is 0.352 e. The Morgan fingerprint density at radius 1 is 1.27 bits per heavy atom. The molecule has 11 heteroatoms. The summed E-state index contributed by atoms with van der Waals surface area (Å²) in [5, 5.41) is 41.2. The van der Waals surface area contributed by atoms with Gasteiger partial charge < -0.3 is 39.5 Å². The lowest BCUT2D eigenvalue weighted by Gasteiger charge is -2.56. The zero-order valence-corrected chi connectivity index (χ0v) is 20.0. The standard InChI is InChI=1S/C25H29NO10.CH4/c1-12(34-23(32)15(28)11-18(29)30)22(31)35-16-6-8-25(33)17-10-13-4-5-14(27)20-19(13)24(25,21(16)36-20)7-3-9-26(17)2;/h4-6,12,15,17,21,27-28,33H,3,7-11H2,1-2H3,(H,29,30);1H4/t12-,15-,17+,21-,24-,25+;/m0./s1. The van der Waals surface area contributed by atoms with Crippen LogP contribution in [0.3, 0.4) is 0 Å². The monoisotopic (exact) mass is 519 g/mol. The van der Waals surface area contributed by atoms with Gasteiger partial charge in [-0.1, -0.05) is 13.5 Å². The molecule has 1 spiro atoms. The van der Waals surface area contributed by atoms with Gasteiger partial charge in [-0.15, -0.1) is 0 Å². The molecule has 6 atom stereocenters. The number of likely N-dealkylation sites (N-methyl/N-ethyl adjacent to an activating group) is 1. The Labute approximate surface area is 214 Å². The van der Waals surface area contributed by atoms with Crippen LogP contribution in [0.15, 0.2) is 24.0 Å². The molecule has 5 rings (SSSR count). The quantitative estimate of drug-likeness (QED) is 0.397. The molecule has 1 aromatic rings. The highest BCUT2D eigenvalue weighted by Crippen LogP contribution is 2.64. The van der Waals surface area contributed by atoms with Crippen molar-refractivity contribution in [2.24, 2.45) is 0 Å². The molecule has 4 N–H and O–H groups in total. The molecule has 202 valence electrons. The first-order chi connectivity index (χ1) is 17.0. The molecule has 2 bridgehead atoms. The summed E-state index contributed by atoms with van der Waals surface area (Å²) >= 11 is 0. The highest BCUT2D eigenvalue weighted by atomic mass is 16.6. The van der Waals surface area contributed by atoms with Gasteiger partial charge in [0.2, 0.25) is 0 Å². The number of likely N-dealkylation sites (tertiary alicyclic amines) is 1. The second kappa shape index (κ2) is 9.30. The highest BCUT2D eigenvalue weighted by molar-refractivity contribution is 5.84. The Morgan fingerprint density at radius 3 is 2.70 bits per heavy atom. The number of rotatable bonds is 6. The largest absolute Gasteiger partial charge is 0.504 e. The molecule has 2 aliphatic carbocycles. The molecule has 0 radical (unpaired) electrons. The summed E-state index contributed by atoms with van der Waals surface area (Å²) in [4.78, 5) is 37.6. The number of nitrogens with zero attached hydrogens (tertiary/aromatic N) is 1. The smallest absolute Gasteiger partial charge is 0.352 e. The molecule has 11 nitrogen and oxygen atoms in total. The number of aliphatic hydroxyl groups excluding tert-OH is 1. The Balaban J connectivity index is 0.00000320. The van der Waals surface area contributed by atoms with E-state index < -0.39 is 53.7 Å². The van der Waals surface area contributed by atoms with Gasteiger partial charge in [0.15, 0.2) is 29.8 Å². The van der Waals surface area contributed by atoms with E-state index in [-0.39, 0.29) is 37.1 Å². The molecular weight excluding hydrogens is 486 g/mol. The predicted octanol–water partition coefficient (Wildman–Crippen LogP) is 1.01. The van der Waals surface area contributed by atoms with E-state index in [1.54, 1.807) is 12.1 Å². The van der Waals surface area contributed by atoms with Crippen LogP contribution in [0.5, 0.6) is 11.5 Å². The second-order valence-electron chi connectivity index (χ2n) is 10.1. The van der Waals surface area contributed by atoms with Gasteiger partial charge in [0.1, 0.15) is 5.76 Å². The number of ether oxygens (including phenoxy) is 3. The summed E-state index contributed by atoms with van der Waals surface area (Å²) in [6, 6.07) is 3.21. The van der Waals surface area contributed by atoms with Crippen LogP contribution in [0.25, 0.3) is 0 Å².